The molecular weight excluding hydrogens is 148 g/mol. The van der Waals surface area contributed by atoms with Crippen LogP contribution in [-0.4, -0.2) is 37.6 Å². The lowest BCUT2D eigenvalue weighted by Gasteiger charge is -2.20. The molecule has 2 aliphatic rings. The molecule has 0 bridgehead atoms. The van der Waals surface area contributed by atoms with Crippen molar-refractivity contribution in [2.45, 2.75) is 31.7 Å². The monoisotopic (exact) mass is 168 g/mol. The molecule has 1 N–H and O–H groups in total. The van der Waals surface area contributed by atoms with Crippen molar-refractivity contribution in [1.82, 2.24) is 10.2 Å². The third-order valence-electron chi connectivity index (χ3n) is 2.96. The predicted octanol–water partition coefficient (Wildman–Crippen LogP) is 1.08. The summed E-state index contributed by atoms with van der Waals surface area (Å²) in [4.78, 5) is 2.50. The van der Waals surface area contributed by atoms with Gasteiger partial charge in [-0.25, -0.2) is 0 Å². The van der Waals surface area contributed by atoms with Crippen LogP contribution in [0.3, 0.4) is 0 Å². The Hall–Kier alpha value is -0.0800. The summed E-state index contributed by atoms with van der Waals surface area (Å²) in [6.07, 6.45) is 5.71. The zero-order valence-corrected chi connectivity index (χ0v) is 8.05. The van der Waals surface area contributed by atoms with Gasteiger partial charge in [0.1, 0.15) is 0 Å². The molecule has 0 radical (unpaired) electrons. The van der Waals surface area contributed by atoms with E-state index in [1.165, 1.54) is 45.3 Å². The summed E-state index contributed by atoms with van der Waals surface area (Å²) in [6.45, 7) is 3.83. The Labute approximate surface area is 75.3 Å². The van der Waals surface area contributed by atoms with Crippen LogP contribution in [-0.2, 0) is 0 Å². The molecule has 0 aromatic heterocycles. The van der Waals surface area contributed by atoms with Gasteiger partial charge in [0, 0.05) is 19.1 Å². The van der Waals surface area contributed by atoms with E-state index in [1.54, 1.807) is 0 Å². The molecule has 70 valence electrons. The first-order chi connectivity index (χ1) is 5.84. The lowest BCUT2D eigenvalue weighted by Crippen LogP contribution is -2.36. The van der Waals surface area contributed by atoms with E-state index in [9.17, 15) is 0 Å². The minimum absolute atomic E-state index is 0.786. The van der Waals surface area contributed by atoms with Gasteiger partial charge in [0.2, 0.25) is 0 Å². The van der Waals surface area contributed by atoms with Crippen molar-refractivity contribution in [3.05, 3.63) is 0 Å². The predicted molar refractivity (Wildman–Crippen MR) is 51.2 cm³/mol. The maximum absolute atomic E-state index is 3.54. The zero-order chi connectivity index (χ0) is 8.39. The van der Waals surface area contributed by atoms with Crippen molar-refractivity contribution in [2.75, 3.05) is 26.7 Å². The Morgan fingerprint density at radius 3 is 2.67 bits per heavy atom. The molecule has 1 saturated carbocycles. The number of hydrogen-bond acceptors (Lipinski definition) is 2. The lowest BCUT2D eigenvalue weighted by molar-refractivity contribution is 0.289. The molecule has 2 fully saturated rings. The van der Waals surface area contributed by atoms with Crippen molar-refractivity contribution in [2.24, 2.45) is 5.92 Å². The molecule has 2 rings (SSSR count). The van der Waals surface area contributed by atoms with E-state index in [0.29, 0.717) is 0 Å². The molecule has 1 atom stereocenters. The highest BCUT2D eigenvalue weighted by Gasteiger charge is 2.24. The zero-order valence-electron chi connectivity index (χ0n) is 8.05. The third kappa shape index (κ3) is 2.46. The van der Waals surface area contributed by atoms with Gasteiger partial charge in [0.25, 0.3) is 0 Å². The molecule has 2 heteroatoms. The van der Waals surface area contributed by atoms with Gasteiger partial charge < -0.3 is 10.2 Å². The summed E-state index contributed by atoms with van der Waals surface area (Å²) in [5.74, 6) is 1.04. The highest BCUT2D eigenvalue weighted by atomic mass is 15.1. The Bertz CT molecular complexity index is 137. The molecular formula is C10H20N2. The topological polar surface area (TPSA) is 15.3 Å². The summed E-state index contributed by atoms with van der Waals surface area (Å²) < 4.78 is 0. The first-order valence-corrected chi connectivity index (χ1v) is 5.26. The Morgan fingerprint density at radius 2 is 2.08 bits per heavy atom. The molecule has 2 nitrogen and oxygen atoms in total. The molecule has 0 amide bonds. The minimum Gasteiger partial charge on any atom is -0.313 e. The summed E-state index contributed by atoms with van der Waals surface area (Å²) in [6, 6.07) is 0.786. The first kappa shape index (κ1) is 8.52. The van der Waals surface area contributed by atoms with Crippen LogP contribution in [0.25, 0.3) is 0 Å². The largest absolute Gasteiger partial charge is 0.313 e. The van der Waals surface area contributed by atoms with Crippen molar-refractivity contribution in [3.63, 3.8) is 0 Å². The van der Waals surface area contributed by atoms with E-state index >= 15 is 0 Å². The van der Waals surface area contributed by atoms with Gasteiger partial charge in [-0.2, -0.15) is 0 Å². The smallest absolute Gasteiger partial charge is 0.0195 e. The van der Waals surface area contributed by atoms with Crippen molar-refractivity contribution < 1.29 is 0 Å². The van der Waals surface area contributed by atoms with E-state index in [4.69, 9.17) is 0 Å². The number of nitrogens with zero attached hydrogens (tertiary/aromatic N) is 1. The van der Waals surface area contributed by atoms with Gasteiger partial charge in [-0.05, 0) is 45.2 Å². The van der Waals surface area contributed by atoms with Gasteiger partial charge in [-0.1, -0.05) is 0 Å². The molecule has 0 spiro atoms. The second kappa shape index (κ2) is 3.75. The number of rotatable bonds is 4. The first-order valence-electron chi connectivity index (χ1n) is 5.26. The molecule has 0 unspecified atom stereocenters. The van der Waals surface area contributed by atoms with Crippen LogP contribution >= 0.6 is 0 Å². The molecule has 0 aromatic rings. The molecule has 12 heavy (non-hydrogen) atoms. The van der Waals surface area contributed by atoms with Gasteiger partial charge >= 0.3 is 0 Å². The number of likely N-dealkylation sites (N-methyl/N-ethyl adjacent to an activating group) is 1. The van der Waals surface area contributed by atoms with Crippen molar-refractivity contribution in [1.29, 1.82) is 0 Å². The Morgan fingerprint density at radius 1 is 1.25 bits per heavy atom. The molecule has 1 heterocycles. The standard InChI is InChI=1S/C10H20N2/c1-12(7-9-4-5-9)8-10-3-2-6-11-10/h9-11H,2-8H2,1H3/t10-/m0/s1. The second-order valence-corrected chi connectivity index (χ2v) is 4.46. The van der Waals surface area contributed by atoms with Crippen LogP contribution in [0.4, 0.5) is 0 Å². The van der Waals surface area contributed by atoms with Crippen LogP contribution < -0.4 is 5.32 Å². The fourth-order valence-electron chi connectivity index (χ4n) is 2.10. The fraction of sp³-hybridized carbons (Fsp3) is 1.00. The van der Waals surface area contributed by atoms with Gasteiger partial charge in [-0.15, -0.1) is 0 Å². The molecule has 0 aromatic carbocycles. The Kier molecular flexibility index (Phi) is 2.66. The highest BCUT2D eigenvalue weighted by Crippen LogP contribution is 2.29. The normalized spacial score (nSPS) is 30.0. The number of nitrogens with one attached hydrogen (secondary N) is 1. The quantitative estimate of drug-likeness (QED) is 0.676. The maximum atomic E-state index is 3.54. The van der Waals surface area contributed by atoms with E-state index in [0.717, 1.165) is 12.0 Å². The second-order valence-electron chi connectivity index (χ2n) is 4.46. The Balaban J connectivity index is 1.62. The lowest BCUT2D eigenvalue weighted by atomic mass is 10.2. The molecule has 1 aliphatic carbocycles. The minimum atomic E-state index is 0.786. The van der Waals surface area contributed by atoms with Crippen LogP contribution in [0.5, 0.6) is 0 Å². The van der Waals surface area contributed by atoms with Gasteiger partial charge in [-0.3, -0.25) is 0 Å². The molecule has 1 saturated heterocycles. The highest BCUT2D eigenvalue weighted by molar-refractivity contribution is 4.80. The van der Waals surface area contributed by atoms with Crippen molar-refractivity contribution >= 4 is 0 Å². The van der Waals surface area contributed by atoms with Crippen LogP contribution in [0.15, 0.2) is 0 Å². The van der Waals surface area contributed by atoms with Gasteiger partial charge in [0.05, 0.1) is 0 Å². The molecule has 1 aliphatic heterocycles. The average Bonchev–Trinajstić information content (AvgIpc) is 2.66. The summed E-state index contributed by atoms with van der Waals surface area (Å²) >= 11 is 0. The van der Waals surface area contributed by atoms with Crippen molar-refractivity contribution in [3.8, 4) is 0 Å². The third-order valence-corrected chi connectivity index (χ3v) is 2.96. The van der Waals surface area contributed by atoms with Crippen LogP contribution in [0, 0.1) is 5.92 Å². The van der Waals surface area contributed by atoms with Gasteiger partial charge in [0.15, 0.2) is 0 Å². The fourth-order valence-corrected chi connectivity index (χ4v) is 2.10. The summed E-state index contributed by atoms with van der Waals surface area (Å²) in [7, 11) is 2.26. The number of hydrogen-bond donors (Lipinski definition) is 1. The van der Waals surface area contributed by atoms with E-state index in [2.05, 4.69) is 17.3 Å². The van der Waals surface area contributed by atoms with E-state index in [1.807, 2.05) is 0 Å². The van der Waals surface area contributed by atoms with Crippen LogP contribution in [0.1, 0.15) is 25.7 Å². The van der Waals surface area contributed by atoms with Crippen LogP contribution in [0.2, 0.25) is 0 Å². The maximum Gasteiger partial charge on any atom is 0.0195 e. The summed E-state index contributed by atoms with van der Waals surface area (Å²) in [5, 5.41) is 3.54. The van der Waals surface area contributed by atoms with E-state index < -0.39 is 0 Å². The van der Waals surface area contributed by atoms with E-state index in [-0.39, 0.29) is 0 Å². The SMILES string of the molecule is CN(CC1CC1)C[C@@H]1CCCN1. The summed E-state index contributed by atoms with van der Waals surface area (Å²) in [5.41, 5.74) is 0. The average molecular weight is 168 g/mol.